The molecule has 5 heteroatoms. The summed E-state index contributed by atoms with van der Waals surface area (Å²) in [4.78, 5) is 26.3. The minimum atomic E-state index is -0.0739. The van der Waals surface area contributed by atoms with E-state index in [4.69, 9.17) is 0 Å². The largest absolute Gasteiger partial charge is 0.375 e. The molecular formula is C18H23N3O2. The van der Waals surface area contributed by atoms with E-state index in [1.807, 2.05) is 6.08 Å². The molecule has 2 aliphatic carbocycles. The Morgan fingerprint density at radius 2 is 1.74 bits per heavy atom. The number of carbonyl (C=O) groups is 2. The summed E-state index contributed by atoms with van der Waals surface area (Å²) in [6, 6.07) is 0. The third-order valence-corrected chi connectivity index (χ3v) is 4.07. The van der Waals surface area contributed by atoms with Gasteiger partial charge in [-0.15, -0.1) is 10.2 Å². The molecule has 2 rings (SSSR count). The lowest BCUT2D eigenvalue weighted by Crippen LogP contribution is -2.27. The minimum absolute atomic E-state index is 0.0488. The molecule has 122 valence electrons. The van der Waals surface area contributed by atoms with Crippen molar-refractivity contribution in [2.45, 2.75) is 40.0 Å². The molecular weight excluding hydrogens is 290 g/mol. The van der Waals surface area contributed by atoms with Gasteiger partial charge in [0.2, 0.25) is 0 Å². The van der Waals surface area contributed by atoms with Crippen LogP contribution in [-0.2, 0) is 9.59 Å². The molecule has 0 atom stereocenters. The number of ketones is 2. The van der Waals surface area contributed by atoms with Crippen molar-refractivity contribution in [3.63, 3.8) is 0 Å². The van der Waals surface area contributed by atoms with Crippen molar-refractivity contribution in [2.75, 3.05) is 13.1 Å². The van der Waals surface area contributed by atoms with E-state index in [0.29, 0.717) is 24.2 Å². The van der Waals surface area contributed by atoms with E-state index >= 15 is 0 Å². The molecule has 0 unspecified atom stereocenters. The monoisotopic (exact) mass is 313 g/mol. The van der Waals surface area contributed by atoms with E-state index in [9.17, 15) is 9.59 Å². The number of rotatable bonds is 6. The lowest BCUT2D eigenvalue weighted by atomic mass is 9.97. The van der Waals surface area contributed by atoms with Gasteiger partial charge in [0.15, 0.2) is 11.6 Å². The molecule has 0 bridgehead atoms. The molecule has 0 fully saturated rings. The molecule has 0 aromatic carbocycles. The molecule has 0 saturated heterocycles. The highest BCUT2D eigenvalue weighted by molar-refractivity contribution is 5.99. The number of Topliss-reactive ketones (excluding diaryl/α,β-unsaturated/α-hetero) is 2. The van der Waals surface area contributed by atoms with Gasteiger partial charge in [-0.3, -0.25) is 9.59 Å². The van der Waals surface area contributed by atoms with Crippen LogP contribution in [0.15, 0.2) is 57.2 Å². The molecule has 0 saturated carbocycles. The Bertz CT molecular complexity index is 647. The minimum Gasteiger partial charge on any atom is -0.375 e. The zero-order valence-corrected chi connectivity index (χ0v) is 14.0. The fraction of sp³-hybridized carbons (Fsp3) is 0.444. The third kappa shape index (κ3) is 3.92. The second-order valence-corrected chi connectivity index (χ2v) is 5.43. The predicted molar refractivity (Wildman–Crippen MR) is 89.6 cm³/mol. The average molecular weight is 313 g/mol. The van der Waals surface area contributed by atoms with Crippen molar-refractivity contribution in [1.82, 2.24) is 4.90 Å². The Morgan fingerprint density at radius 1 is 1.04 bits per heavy atom. The van der Waals surface area contributed by atoms with E-state index in [-0.39, 0.29) is 11.6 Å². The van der Waals surface area contributed by atoms with Gasteiger partial charge < -0.3 is 4.90 Å². The fourth-order valence-electron chi connectivity index (χ4n) is 2.72. The van der Waals surface area contributed by atoms with Crippen LogP contribution < -0.4 is 0 Å². The van der Waals surface area contributed by atoms with Crippen molar-refractivity contribution in [3.8, 4) is 0 Å². The van der Waals surface area contributed by atoms with Crippen LogP contribution in [0.25, 0.3) is 0 Å². The van der Waals surface area contributed by atoms with Crippen LogP contribution in [0.5, 0.6) is 0 Å². The van der Waals surface area contributed by atoms with Crippen LogP contribution in [-0.4, -0.2) is 29.6 Å². The smallest absolute Gasteiger partial charge is 0.188 e. The van der Waals surface area contributed by atoms with Gasteiger partial charge in [-0.2, -0.15) is 0 Å². The van der Waals surface area contributed by atoms with Gasteiger partial charge in [-0.1, -0.05) is 19.1 Å². The van der Waals surface area contributed by atoms with E-state index in [0.717, 1.165) is 30.8 Å². The lowest BCUT2D eigenvalue weighted by molar-refractivity contribution is -0.116. The standard InChI is InChI=1S/C18H23N3O2/c1-4-13-11-15(18(23)12-16(13)21(5-2)6-3)20-19-14-9-7-8-10-17(14)22/h7-9,11H,4-6,10,12H2,1-3H3. The van der Waals surface area contributed by atoms with Gasteiger partial charge in [0.1, 0.15) is 11.4 Å². The molecule has 0 amide bonds. The van der Waals surface area contributed by atoms with Crippen molar-refractivity contribution in [1.29, 1.82) is 0 Å². The summed E-state index contributed by atoms with van der Waals surface area (Å²) in [6.45, 7) is 7.99. The van der Waals surface area contributed by atoms with Gasteiger partial charge in [-0.05, 0) is 38.0 Å². The summed E-state index contributed by atoms with van der Waals surface area (Å²) in [6.07, 6.45) is 8.52. The summed E-state index contributed by atoms with van der Waals surface area (Å²) in [7, 11) is 0. The second kappa shape index (κ2) is 7.81. The maximum absolute atomic E-state index is 12.4. The molecule has 0 N–H and O–H groups in total. The van der Waals surface area contributed by atoms with Gasteiger partial charge in [0, 0.05) is 25.2 Å². The SMILES string of the molecule is CCC1=C(N(CC)CC)CC(=O)C(N=NC2=CC=CCC2=O)=C1. The van der Waals surface area contributed by atoms with Crippen LogP contribution in [0.3, 0.4) is 0 Å². The Balaban J connectivity index is 2.29. The predicted octanol–water partition coefficient (Wildman–Crippen LogP) is 3.71. The van der Waals surface area contributed by atoms with Crippen LogP contribution in [0.4, 0.5) is 0 Å². The Kier molecular flexibility index (Phi) is 5.79. The van der Waals surface area contributed by atoms with Gasteiger partial charge >= 0.3 is 0 Å². The molecule has 2 aliphatic rings. The van der Waals surface area contributed by atoms with E-state index < -0.39 is 0 Å². The maximum atomic E-state index is 12.4. The van der Waals surface area contributed by atoms with Crippen molar-refractivity contribution >= 4 is 11.6 Å². The number of carbonyl (C=O) groups excluding carboxylic acids is 2. The van der Waals surface area contributed by atoms with Gasteiger partial charge in [-0.25, -0.2) is 0 Å². The third-order valence-electron chi connectivity index (χ3n) is 4.07. The quantitative estimate of drug-likeness (QED) is 0.702. The fourth-order valence-corrected chi connectivity index (χ4v) is 2.72. The molecule has 0 heterocycles. The first-order valence-corrected chi connectivity index (χ1v) is 8.14. The molecule has 0 aromatic heterocycles. The molecule has 0 aromatic rings. The Labute approximate surface area is 137 Å². The highest BCUT2D eigenvalue weighted by atomic mass is 16.1. The number of nitrogens with zero attached hydrogens (tertiary/aromatic N) is 3. The van der Waals surface area contributed by atoms with Crippen LogP contribution >= 0.6 is 0 Å². The van der Waals surface area contributed by atoms with Crippen LogP contribution in [0, 0.1) is 0 Å². The van der Waals surface area contributed by atoms with Gasteiger partial charge in [0.05, 0.1) is 6.42 Å². The van der Waals surface area contributed by atoms with Crippen molar-refractivity contribution < 1.29 is 9.59 Å². The summed E-state index contributed by atoms with van der Waals surface area (Å²) < 4.78 is 0. The Morgan fingerprint density at radius 3 is 2.35 bits per heavy atom. The molecule has 0 radical (unpaired) electrons. The number of azo groups is 1. The molecule has 5 nitrogen and oxygen atoms in total. The van der Waals surface area contributed by atoms with Crippen molar-refractivity contribution in [2.24, 2.45) is 10.2 Å². The number of hydrogen-bond donors (Lipinski definition) is 0. The van der Waals surface area contributed by atoms with E-state index in [1.165, 1.54) is 0 Å². The van der Waals surface area contributed by atoms with Gasteiger partial charge in [0.25, 0.3) is 0 Å². The number of hydrogen-bond acceptors (Lipinski definition) is 5. The normalized spacial score (nSPS) is 18.6. The molecule has 0 spiro atoms. The van der Waals surface area contributed by atoms with E-state index in [2.05, 4.69) is 35.9 Å². The molecule has 23 heavy (non-hydrogen) atoms. The molecule has 0 aliphatic heterocycles. The summed E-state index contributed by atoms with van der Waals surface area (Å²) in [5.41, 5.74) is 2.84. The Hall–Kier alpha value is -2.30. The first kappa shape index (κ1) is 17.1. The summed E-state index contributed by atoms with van der Waals surface area (Å²) >= 11 is 0. The van der Waals surface area contributed by atoms with E-state index in [1.54, 1.807) is 18.2 Å². The zero-order valence-electron chi connectivity index (χ0n) is 14.0. The summed E-state index contributed by atoms with van der Waals surface area (Å²) in [5, 5.41) is 8.02. The van der Waals surface area contributed by atoms with Crippen molar-refractivity contribution in [3.05, 3.63) is 47.0 Å². The second-order valence-electron chi connectivity index (χ2n) is 5.43. The summed E-state index contributed by atoms with van der Waals surface area (Å²) in [5.74, 6) is -0.123. The first-order valence-electron chi connectivity index (χ1n) is 8.14. The lowest BCUT2D eigenvalue weighted by Gasteiger charge is -2.28. The highest BCUT2D eigenvalue weighted by Gasteiger charge is 2.23. The van der Waals surface area contributed by atoms with Crippen LogP contribution in [0.1, 0.15) is 40.0 Å². The highest BCUT2D eigenvalue weighted by Crippen LogP contribution is 2.27. The van der Waals surface area contributed by atoms with Crippen LogP contribution in [0.2, 0.25) is 0 Å². The average Bonchev–Trinajstić information content (AvgIpc) is 2.56. The maximum Gasteiger partial charge on any atom is 0.188 e. The topological polar surface area (TPSA) is 62.1 Å². The number of allylic oxidation sites excluding steroid dienone is 8. The zero-order chi connectivity index (χ0) is 16.8. The first-order chi connectivity index (χ1) is 11.1.